The second kappa shape index (κ2) is 5.62. The van der Waals surface area contributed by atoms with Crippen molar-refractivity contribution in [1.29, 1.82) is 0 Å². The summed E-state index contributed by atoms with van der Waals surface area (Å²) in [7, 11) is 0. The lowest BCUT2D eigenvalue weighted by Gasteiger charge is -2.16. The number of hydrogen-bond acceptors (Lipinski definition) is 4. The van der Waals surface area contributed by atoms with E-state index in [0.29, 0.717) is 19.3 Å². The molecule has 0 aromatic rings. The van der Waals surface area contributed by atoms with Crippen molar-refractivity contribution in [3.05, 3.63) is 0 Å². The third kappa shape index (κ3) is 3.42. The molecule has 1 aliphatic rings. The number of hydrogen-bond donors (Lipinski definition) is 4. The molecule has 0 aromatic carbocycles. The number of carbonyl (C=O) groups excluding carboxylic acids is 2. The Balaban J connectivity index is 2.47. The zero-order valence-corrected chi connectivity index (χ0v) is 9.26. The molecule has 0 aromatic heterocycles. The van der Waals surface area contributed by atoms with Gasteiger partial charge in [-0.05, 0) is 12.8 Å². The number of rotatable bonds is 5. The monoisotopic (exact) mass is 244 g/mol. The van der Waals surface area contributed by atoms with Gasteiger partial charge in [0.1, 0.15) is 6.10 Å². The van der Waals surface area contributed by atoms with E-state index in [-0.39, 0.29) is 6.54 Å². The van der Waals surface area contributed by atoms with Crippen LogP contribution in [0.5, 0.6) is 0 Å². The van der Waals surface area contributed by atoms with Gasteiger partial charge in [-0.15, -0.1) is 0 Å². The molecule has 1 aliphatic carbocycles. The number of nitrogens with two attached hydrogens (primary N) is 1. The highest BCUT2D eigenvalue weighted by Crippen LogP contribution is 2.31. The minimum Gasteiger partial charge on any atom is -0.481 e. The van der Waals surface area contributed by atoms with Gasteiger partial charge in [0.15, 0.2) is 0 Å². The van der Waals surface area contributed by atoms with Crippen LogP contribution in [0, 0.1) is 11.8 Å². The summed E-state index contributed by atoms with van der Waals surface area (Å²) >= 11 is 0. The van der Waals surface area contributed by atoms with E-state index in [2.05, 4.69) is 5.32 Å². The Morgan fingerprint density at radius 2 is 1.88 bits per heavy atom. The fourth-order valence-electron chi connectivity index (χ4n) is 2.00. The Labute approximate surface area is 98.0 Å². The molecular weight excluding hydrogens is 228 g/mol. The van der Waals surface area contributed by atoms with Crippen molar-refractivity contribution in [2.24, 2.45) is 17.6 Å². The first-order valence-corrected chi connectivity index (χ1v) is 5.41. The van der Waals surface area contributed by atoms with Gasteiger partial charge in [0, 0.05) is 0 Å². The SMILES string of the molecule is NC(=O)C(O)CNC(=O)[C@@H]1CCC[C@@H]1C(=O)O. The molecule has 0 bridgehead atoms. The Morgan fingerprint density at radius 1 is 1.29 bits per heavy atom. The molecule has 0 heterocycles. The predicted octanol–water partition coefficient (Wildman–Crippen LogP) is -1.55. The Bertz CT molecular complexity index is 331. The van der Waals surface area contributed by atoms with Crippen LogP contribution in [0.4, 0.5) is 0 Å². The van der Waals surface area contributed by atoms with Crippen LogP contribution in [-0.4, -0.2) is 40.6 Å². The standard InChI is InChI=1S/C10H16N2O5/c11-8(14)7(13)4-12-9(15)5-2-1-3-6(5)10(16)17/h5-7,13H,1-4H2,(H2,11,14)(H,12,15)(H,16,17)/t5-,6+,7?/m1/s1. The number of carboxylic acid groups (broad SMARTS) is 1. The summed E-state index contributed by atoms with van der Waals surface area (Å²) in [5.74, 6) is -3.63. The number of carbonyl (C=O) groups is 3. The normalized spacial score (nSPS) is 25.2. The number of aliphatic hydroxyl groups excluding tert-OH is 1. The fraction of sp³-hybridized carbons (Fsp3) is 0.700. The summed E-state index contributed by atoms with van der Waals surface area (Å²) in [6.07, 6.45) is 0.234. The number of amides is 2. The molecule has 1 saturated carbocycles. The van der Waals surface area contributed by atoms with Gasteiger partial charge < -0.3 is 21.3 Å². The zero-order chi connectivity index (χ0) is 13.0. The molecular formula is C10H16N2O5. The van der Waals surface area contributed by atoms with Gasteiger partial charge in [-0.2, -0.15) is 0 Å². The molecule has 1 unspecified atom stereocenters. The Kier molecular flexibility index (Phi) is 4.45. The number of aliphatic hydroxyl groups is 1. The first kappa shape index (κ1) is 13.4. The maximum Gasteiger partial charge on any atom is 0.307 e. The lowest BCUT2D eigenvalue weighted by molar-refractivity contribution is -0.146. The molecule has 2 amide bonds. The summed E-state index contributed by atoms with van der Waals surface area (Å²) in [4.78, 5) is 33.0. The molecule has 3 atom stereocenters. The van der Waals surface area contributed by atoms with E-state index in [0.717, 1.165) is 0 Å². The van der Waals surface area contributed by atoms with Crippen molar-refractivity contribution in [2.75, 3.05) is 6.54 Å². The highest BCUT2D eigenvalue weighted by atomic mass is 16.4. The molecule has 96 valence electrons. The van der Waals surface area contributed by atoms with Gasteiger partial charge in [0.05, 0.1) is 18.4 Å². The lowest BCUT2D eigenvalue weighted by atomic mass is 9.95. The van der Waals surface area contributed by atoms with Gasteiger partial charge in [-0.25, -0.2) is 0 Å². The van der Waals surface area contributed by atoms with Gasteiger partial charge in [-0.1, -0.05) is 6.42 Å². The van der Waals surface area contributed by atoms with Crippen molar-refractivity contribution in [3.63, 3.8) is 0 Å². The first-order chi connectivity index (χ1) is 7.93. The molecule has 0 spiro atoms. The number of nitrogens with one attached hydrogen (secondary N) is 1. The van der Waals surface area contributed by atoms with Gasteiger partial charge in [-0.3, -0.25) is 14.4 Å². The van der Waals surface area contributed by atoms with Gasteiger partial charge >= 0.3 is 5.97 Å². The second-order valence-corrected chi connectivity index (χ2v) is 4.15. The average Bonchev–Trinajstić information content (AvgIpc) is 2.73. The molecule has 5 N–H and O–H groups in total. The minimum absolute atomic E-state index is 0.281. The summed E-state index contributed by atoms with van der Waals surface area (Å²) in [5.41, 5.74) is 4.82. The Hall–Kier alpha value is -1.63. The van der Waals surface area contributed by atoms with Crippen LogP contribution in [0.3, 0.4) is 0 Å². The molecule has 1 rings (SSSR count). The summed E-state index contributed by atoms with van der Waals surface area (Å²) in [5, 5.41) is 20.3. The molecule has 0 saturated heterocycles. The van der Waals surface area contributed by atoms with Crippen LogP contribution in [0.1, 0.15) is 19.3 Å². The van der Waals surface area contributed by atoms with Crippen LogP contribution in [0.15, 0.2) is 0 Å². The van der Waals surface area contributed by atoms with E-state index in [1.165, 1.54) is 0 Å². The fourth-order valence-corrected chi connectivity index (χ4v) is 2.00. The molecule has 1 fully saturated rings. The maximum absolute atomic E-state index is 11.6. The van der Waals surface area contributed by atoms with E-state index in [1.54, 1.807) is 0 Å². The van der Waals surface area contributed by atoms with Crippen molar-refractivity contribution in [1.82, 2.24) is 5.32 Å². The van der Waals surface area contributed by atoms with E-state index in [9.17, 15) is 14.4 Å². The van der Waals surface area contributed by atoms with Crippen LogP contribution in [0.2, 0.25) is 0 Å². The lowest BCUT2D eigenvalue weighted by Crippen LogP contribution is -2.43. The third-order valence-corrected chi connectivity index (χ3v) is 2.97. The second-order valence-electron chi connectivity index (χ2n) is 4.15. The predicted molar refractivity (Wildman–Crippen MR) is 56.7 cm³/mol. The highest BCUT2D eigenvalue weighted by Gasteiger charge is 2.37. The molecule has 0 aliphatic heterocycles. The quantitative estimate of drug-likeness (QED) is 0.465. The van der Waals surface area contributed by atoms with E-state index < -0.39 is 35.7 Å². The largest absolute Gasteiger partial charge is 0.481 e. The maximum atomic E-state index is 11.6. The van der Waals surface area contributed by atoms with E-state index in [4.69, 9.17) is 15.9 Å². The van der Waals surface area contributed by atoms with Crippen LogP contribution in [-0.2, 0) is 14.4 Å². The molecule has 0 radical (unpaired) electrons. The zero-order valence-electron chi connectivity index (χ0n) is 9.26. The van der Waals surface area contributed by atoms with E-state index in [1.807, 2.05) is 0 Å². The van der Waals surface area contributed by atoms with Crippen LogP contribution < -0.4 is 11.1 Å². The molecule has 7 nitrogen and oxygen atoms in total. The van der Waals surface area contributed by atoms with Crippen LogP contribution in [0.25, 0.3) is 0 Å². The van der Waals surface area contributed by atoms with Crippen molar-refractivity contribution >= 4 is 17.8 Å². The summed E-state index contributed by atoms with van der Waals surface area (Å²) in [6.45, 7) is -0.281. The smallest absolute Gasteiger partial charge is 0.307 e. The average molecular weight is 244 g/mol. The number of primary amides is 1. The first-order valence-electron chi connectivity index (χ1n) is 5.41. The summed E-state index contributed by atoms with van der Waals surface area (Å²) in [6, 6.07) is 0. The summed E-state index contributed by atoms with van der Waals surface area (Å²) < 4.78 is 0. The third-order valence-electron chi connectivity index (χ3n) is 2.97. The van der Waals surface area contributed by atoms with Crippen molar-refractivity contribution in [2.45, 2.75) is 25.4 Å². The van der Waals surface area contributed by atoms with Crippen molar-refractivity contribution in [3.8, 4) is 0 Å². The van der Waals surface area contributed by atoms with Crippen molar-refractivity contribution < 1.29 is 24.6 Å². The number of aliphatic carboxylic acids is 1. The van der Waals surface area contributed by atoms with E-state index >= 15 is 0 Å². The Morgan fingerprint density at radius 3 is 2.41 bits per heavy atom. The minimum atomic E-state index is -1.44. The highest BCUT2D eigenvalue weighted by molar-refractivity contribution is 5.86. The van der Waals surface area contributed by atoms with Gasteiger partial charge in [0.25, 0.3) is 0 Å². The van der Waals surface area contributed by atoms with Crippen LogP contribution >= 0.6 is 0 Å². The topological polar surface area (TPSA) is 130 Å². The van der Waals surface area contributed by atoms with Gasteiger partial charge in [0.2, 0.25) is 11.8 Å². The molecule has 17 heavy (non-hydrogen) atoms. The number of carboxylic acids is 1. The molecule has 7 heteroatoms.